The van der Waals surface area contributed by atoms with Gasteiger partial charge in [-0.05, 0) is 64.7 Å². The number of hydrogen-bond acceptors (Lipinski definition) is 1. The lowest BCUT2D eigenvalue weighted by molar-refractivity contribution is 1.18. The van der Waals surface area contributed by atoms with Gasteiger partial charge < -0.3 is 4.57 Å². The summed E-state index contributed by atoms with van der Waals surface area (Å²) in [6.07, 6.45) is 0. The second kappa shape index (κ2) is 8.44. The molecule has 2 heterocycles. The van der Waals surface area contributed by atoms with Gasteiger partial charge in [0, 0.05) is 36.6 Å². The first kappa shape index (κ1) is 21.4. The van der Waals surface area contributed by atoms with Crippen LogP contribution in [-0.2, 0) is 0 Å². The third-order valence-corrected chi connectivity index (χ3v) is 8.75. The fourth-order valence-corrected chi connectivity index (χ4v) is 7.02. The van der Waals surface area contributed by atoms with Gasteiger partial charge in [0.2, 0.25) is 0 Å². The molecule has 38 heavy (non-hydrogen) atoms. The maximum Gasteiger partial charge on any atom is 0.0541 e. The molecule has 0 bridgehead atoms. The van der Waals surface area contributed by atoms with Crippen LogP contribution in [0.15, 0.2) is 140 Å². The second-order valence-electron chi connectivity index (χ2n) is 9.77. The van der Waals surface area contributed by atoms with Gasteiger partial charge in [-0.15, -0.1) is 11.3 Å². The third-order valence-electron chi connectivity index (χ3n) is 7.62. The van der Waals surface area contributed by atoms with Crippen molar-refractivity contribution in [1.82, 2.24) is 4.57 Å². The van der Waals surface area contributed by atoms with Crippen molar-refractivity contribution in [2.75, 3.05) is 0 Å². The predicted octanol–water partition coefficient (Wildman–Crippen LogP) is 10.5. The Morgan fingerprint density at radius 3 is 1.79 bits per heavy atom. The number of aromatic nitrogens is 1. The van der Waals surface area contributed by atoms with Crippen LogP contribution in [0.4, 0.5) is 0 Å². The molecule has 0 unspecified atom stereocenters. The normalized spacial score (nSPS) is 11.7. The summed E-state index contributed by atoms with van der Waals surface area (Å²) >= 11 is 1.87. The van der Waals surface area contributed by atoms with E-state index in [2.05, 4.69) is 144 Å². The van der Waals surface area contributed by atoms with Crippen LogP contribution < -0.4 is 0 Å². The maximum absolute atomic E-state index is 2.37. The fourth-order valence-electron chi connectivity index (χ4n) is 5.89. The topological polar surface area (TPSA) is 4.93 Å². The highest BCUT2D eigenvalue weighted by molar-refractivity contribution is 7.25. The first-order valence-electron chi connectivity index (χ1n) is 12.9. The van der Waals surface area contributed by atoms with Crippen molar-refractivity contribution >= 4 is 53.3 Å². The minimum Gasteiger partial charge on any atom is -0.309 e. The first-order valence-corrected chi connectivity index (χ1v) is 13.8. The number of nitrogens with zero attached hydrogens (tertiary/aromatic N) is 1. The van der Waals surface area contributed by atoms with E-state index < -0.39 is 0 Å². The van der Waals surface area contributed by atoms with E-state index in [9.17, 15) is 0 Å². The molecule has 0 atom stereocenters. The number of fused-ring (bicyclic) bond motifs is 6. The van der Waals surface area contributed by atoms with Gasteiger partial charge in [-0.2, -0.15) is 0 Å². The lowest BCUT2D eigenvalue weighted by atomic mass is 9.96. The molecule has 0 fully saturated rings. The molecular weight excluding hydrogens is 478 g/mol. The lowest BCUT2D eigenvalue weighted by Gasteiger charge is -2.11. The summed E-state index contributed by atoms with van der Waals surface area (Å²) in [4.78, 5) is 0. The highest BCUT2D eigenvalue weighted by atomic mass is 32.1. The largest absolute Gasteiger partial charge is 0.309 e. The van der Waals surface area contributed by atoms with Gasteiger partial charge in [0.05, 0.1) is 11.0 Å². The first-order chi connectivity index (χ1) is 18.8. The summed E-state index contributed by atoms with van der Waals surface area (Å²) in [5.41, 5.74) is 8.65. The Morgan fingerprint density at radius 1 is 0.421 bits per heavy atom. The highest BCUT2D eigenvalue weighted by Crippen LogP contribution is 2.40. The smallest absolute Gasteiger partial charge is 0.0541 e. The predicted molar refractivity (Wildman–Crippen MR) is 165 cm³/mol. The molecule has 0 aliphatic carbocycles. The second-order valence-corrected chi connectivity index (χ2v) is 10.9. The van der Waals surface area contributed by atoms with Crippen molar-refractivity contribution in [3.63, 3.8) is 0 Å². The maximum atomic E-state index is 2.37. The van der Waals surface area contributed by atoms with E-state index in [0.29, 0.717) is 0 Å². The van der Waals surface area contributed by atoms with Crippen LogP contribution in [0.5, 0.6) is 0 Å². The zero-order valence-corrected chi connectivity index (χ0v) is 21.5. The molecule has 0 N–H and O–H groups in total. The Kier molecular flexibility index (Phi) is 4.76. The van der Waals surface area contributed by atoms with Crippen molar-refractivity contribution < 1.29 is 0 Å². The van der Waals surface area contributed by atoms with Gasteiger partial charge in [-0.25, -0.2) is 0 Å². The van der Waals surface area contributed by atoms with Crippen LogP contribution >= 0.6 is 11.3 Å². The number of thiophene rings is 1. The summed E-state index contributed by atoms with van der Waals surface area (Å²) in [5, 5.41) is 5.26. The third kappa shape index (κ3) is 3.24. The minimum atomic E-state index is 1.18. The Morgan fingerprint density at radius 2 is 1.03 bits per heavy atom. The van der Waals surface area contributed by atoms with Gasteiger partial charge in [0.15, 0.2) is 0 Å². The Bertz CT molecular complexity index is 2070. The number of hydrogen-bond donors (Lipinski definition) is 0. The van der Waals surface area contributed by atoms with Crippen LogP contribution in [0.2, 0.25) is 0 Å². The van der Waals surface area contributed by atoms with Crippen molar-refractivity contribution in [1.29, 1.82) is 0 Å². The molecule has 2 aromatic heterocycles. The zero-order valence-electron chi connectivity index (χ0n) is 20.6. The van der Waals surface area contributed by atoms with Gasteiger partial charge in [-0.3, -0.25) is 0 Å². The highest BCUT2D eigenvalue weighted by Gasteiger charge is 2.13. The summed E-state index contributed by atoms with van der Waals surface area (Å²) in [5.74, 6) is 0. The van der Waals surface area contributed by atoms with E-state index in [1.54, 1.807) is 0 Å². The van der Waals surface area contributed by atoms with Gasteiger partial charge in [-0.1, -0.05) is 97.1 Å². The summed E-state index contributed by atoms with van der Waals surface area (Å²) in [6.45, 7) is 0. The average Bonchev–Trinajstić information content (AvgIpc) is 3.53. The molecule has 178 valence electrons. The molecule has 1 nitrogen and oxygen atoms in total. The monoisotopic (exact) mass is 501 g/mol. The molecule has 8 rings (SSSR count). The summed E-state index contributed by atoms with van der Waals surface area (Å²) in [7, 11) is 0. The standard InChI is InChI=1S/C36H23NS/c1-4-15-32-29(11-1)30-12-2-5-16-33(30)37(32)27-21-19-24(20-22-27)25-9-7-10-26(23-25)28-14-8-18-35-36(28)31-13-3-6-17-34(31)38-35/h1-23H. The number of para-hydroxylation sites is 2. The van der Waals surface area contributed by atoms with Crippen LogP contribution in [0.25, 0.3) is 69.9 Å². The van der Waals surface area contributed by atoms with Gasteiger partial charge in [0.25, 0.3) is 0 Å². The molecule has 6 aromatic carbocycles. The van der Waals surface area contributed by atoms with Crippen LogP contribution in [0.1, 0.15) is 0 Å². The Labute approximate surface area is 224 Å². The molecule has 0 saturated carbocycles. The number of rotatable bonds is 3. The van der Waals surface area contributed by atoms with Crippen LogP contribution in [-0.4, -0.2) is 4.57 Å². The quantitative estimate of drug-likeness (QED) is 0.227. The van der Waals surface area contributed by atoms with Crippen LogP contribution in [0.3, 0.4) is 0 Å². The van der Waals surface area contributed by atoms with Crippen molar-refractivity contribution in [2.45, 2.75) is 0 Å². The fraction of sp³-hybridized carbons (Fsp3) is 0. The SMILES string of the molecule is c1cc(-c2ccc(-n3c4ccccc4c4ccccc43)cc2)cc(-c2cccc3sc4ccccc4c23)c1. The Balaban J connectivity index is 1.24. The molecular formula is C36H23NS. The van der Waals surface area contributed by atoms with E-state index in [0.717, 1.165) is 0 Å². The van der Waals surface area contributed by atoms with Crippen molar-refractivity contribution in [3.8, 4) is 27.9 Å². The van der Waals surface area contributed by atoms with E-state index >= 15 is 0 Å². The summed E-state index contributed by atoms with van der Waals surface area (Å²) < 4.78 is 5.05. The average molecular weight is 502 g/mol. The zero-order chi connectivity index (χ0) is 25.1. The van der Waals surface area contributed by atoms with Gasteiger partial charge in [0.1, 0.15) is 0 Å². The van der Waals surface area contributed by atoms with Crippen LogP contribution in [0, 0.1) is 0 Å². The molecule has 0 saturated heterocycles. The molecule has 0 aliphatic rings. The van der Waals surface area contributed by atoms with E-state index in [1.165, 1.54) is 69.9 Å². The molecule has 0 amide bonds. The number of benzene rings is 6. The molecule has 8 aromatic rings. The Hall–Kier alpha value is -4.66. The minimum absolute atomic E-state index is 1.18. The molecule has 0 radical (unpaired) electrons. The van der Waals surface area contributed by atoms with E-state index in [1.807, 2.05) is 11.3 Å². The molecule has 2 heteroatoms. The van der Waals surface area contributed by atoms with Gasteiger partial charge >= 0.3 is 0 Å². The molecule has 0 spiro atoms. The van der Waals surface area contributed by atoms with Crippen molar-refractivity contribution in [3.05, 3.63) is 140 Å². The summed E-state index contributed by atoms with van der Waals surface area (Å²) in [6, 6.07) is 50.7. The van der Waals surface area contributed by atoms with E-state index in [-0.39, 0.29) is 0 Å². The van der Waals surface area contributed by atoms with Crippen molar-refractivity contribution in [2.24, 2.45) is 0 Å². The van der Waals surface area contributed by atoms with E-state index in [4.69, 9.17) is 0 Å². The molecule has 0 aliphatic heterocycles. The lowest BCUT2D eigenvalue weighted by Crippen LogP contribution is -1.93.